The largest absolute Gasteiger partial charge is 0.493 e. The van der Waals surface area contributed by atoms with Gasteiger partial charge in [0.05, 0.1) is 18.8 Å². The van der Waals surface area contributed by atoms with E-state index in [1.54, 1.807) is 6.07 Å². The third-order valence-corrected chi connectivity index (χ3v) is 5.00. The Labute approximate surface area is 147 Å². The van der Waals surface area contributed by atoms with Crippen molar-refractivity contribution in [1.29, 1.82) is 0 Å². The summed E-state index contributed by atoms with van der Waals surface area (Å²) in [5, 5.41) is 9.58. The number of para-hydroxylation sites is 1. The van der Waals surface area contributed by atoms with Crippen LogP contribution in [0.3, 0.4) is 0 Å². The second kappa shape index (κ2) is 6.89. The van der Waals surface area contributed by atoms with E-state index in [1.807, 2.05) is 36.4 Å². The molecule has 4 nitrogen and oxygen atoms in total. The van der Waals surface area contributed by atoms with Crippen LogP contribution in [0.5, 0.6) is 5.75 Å². The van der Waals surface area contributed by atoms with E-state index in [1.165, 1.54) is 0 Å². The third-order valence-electron chi connectivity index (χ3n) is 5.00. The van der Waals surface area contributed by atoms with Gasteiger partial charge in [-0.2, -0.15) is 0 Å². The number of benzene rings is 2. The average Bonchev–Trinajstić information content (AvgIpc) is 3.35. The van der Waals surface area contributed by atoms with E-state index in [0.29, 0.717) is 24.0 Å². The van der Waals surface area contributed by atoms with Gasteiger partial charge in [-0.05, 0) is 48.4 Å². The molecular formula is C21H22O4. The molecule has 0 bridgehead atoms. The monoisotopic (exact) mass is 338 g/mol. The van der Waals surface area contributed by atoms with E-state index >= 15 is 0 Å². The van der Waals surface area contributed by atoms with E-state index in [9.17, 15) is 9.90 Å². The number of rotatable bonds is 6. The fourth-order valence-corrected chi connectivity index (χ4v) is 3.41. The Morgan fingerprint density at radius 3 is 2.72 bits per heavy atom. The number of carboxylic acids is 1. The summed E-state index contributed by atoms with van der Waals surface area (Å²) in [4.78, 5) is 11.7. The Balaban J connectivity index is 1.62. The van der Waals surface area contributed by atoms with Crippen LogP contribution in [0, 0.1) is 5.92 Å². The zero-order valence-corrected chi connectivity index (χ0v) is 14.1. The molecule has 1 saturated carbocycles. The van der Waals surface area contributed by atoms with Gasteiger partial charge in [0.1, 0.15) is 5.75 Å². The van der Waals surface area contributed by atoms with Crippen LogP contribution in [0.4, 0.5) is 0 Å². The van der Waals surface area contributed by atoms with Gasteiger partial charge < -0.3 is 14.6 Å². The number of aromatic carboxylic acids is 1. The van der Waals surface area contributed by atoms with Crippen molar-refractivity contribution in [3.05, 3.63) is 53.6 Å². The van der Waals surface area contributed by atoms with E-state index in [-0.39, 0.29) is 0 Å². The molecule has 0 radical (unpaired) electrons. The minimum atomic E-state index is -0.856. The maximum Gasteiger partial charge on any atom is 0.335 e. The molecule has 0 aromatic heterocycles. The lowest BCUT2D eigenvalue weighted by atomic mass is 9.96. The first-order chi connectivity index (χ1) is 12.2. The first-order valence-corrected chi connectivity index (χ1v) is 8.89. The van der Waals surface area contributed by atoms with Crippen molar-refractivity contribution in [3.8, 4) is 16.9 Å². The predicted octanol–water partition coefficient (Wildman–Crippen LogP) is 4.34. The van der Waals surface area contributed by atoms with Gasteiger partial charge >= 0.3 is 5.97 Å². The van der Waals surface area contributed by atoms with E-state index in [4.69, 9.17) is 9.47 Å². The summed E-state index contributed by atoms with van der Waals surface area (Å²) in [7, 11) is 0. The Kier molecular flexibility index (Phi) is 4.45. The van der Waals surface area contributed by atoms with Gasteiger partial charge in [-0.1, -0.05) is 30.3 Å². The van der Waals surface area contributed by atoms with Crippen molar-refractivity contribution in [2.24, 2.45) is 5.92 Å². The van der Waals surface area contributed by atoms with Crippen LogP contribution >= 0.6 is 0 Å². The van der Waals surface area contributed by atoms with Gasteiger partial charge in [-0.25, -0.2) is 4.79 Å². The zero-order valence-electron chi connectivity index (χ0n) is 14.1. The molecule has 0 amide bonds. The molecule has 25 heavy (non-hydrogen) atoms. The third kappa shape index (κ3) is 3.54. The highest BCUT2D eigenvalue weighted by molar-refractivity contribution is 5.92. The van der Waals surface area contributed by atoms with Crippen molar-refractivity contribution in [3.63, 3.8) is 0 Å². The Morgan fingerprint density at radius 1 is 1.16 bits per heavy atom. The molecule has 2 aromatic rings. The number of carboxylic acid groups (broad SMARTS) is 1. The average molecular weight is 338 g/mol. The molecule has 2 aliphatic rings. The summed E-state index contributed by atoms with van der Waals surface area (Å²) < 4.78 is 11.4. The van der Waals surface area contributed by atoms with Gasteiger partial charge in [0.2, 0.25) is 0 Å². The molecule has 4 heteroatoms. The van der Waals surface area contributed by atoms with Crippen LogP contribution in [0.15, 0.2) is 42.5 Å². The molecule has 1 saturated heterocycles. The summed E-state index contributed by atoms with van der Waals surface area (Å²) in [5.41, 5.74) is 3.20. The first-order valence-electron chi connectivity index (χ1n) is 8.89. The fraction of sp³-hybridized carbons (Fsp3) is 0.381. The second-order valence-corrected chi connectivity index (χ2v) is 6.92. The molecule has 1 aliphatic heterocycles. The van der Waals surface area contributed by atoms with E-state index < -0.39 is 5.97 Å². The van der Waals surface area contributed by atoms with Crippen molar-refractivity contribution in [2.45, 2.75) is 25.2 Å². The molecule has 1 heterocycles. The first kappa shape index (κ1) is 16.2. The molecule has 1 N–H and O–H groups in total. The van der Waals surface area contributed by atoms with Crippen molar-refractivity contribution < 1.29 is 19.4 Å². The number of carbonyl (C=O) groups is 1. The number of ether oxygens (including phenoxy) is 2. The van der Waals surface area contributed by atoms with Gasteiger partial charge in [-0.15, -0.1) is 0 Å². The van der Waals surface area contributed by atoms with Crippen LogP contribution in [-0.2, 0) is 4.74 Å². The SMILES string of the molecule is O=C(O)c1cc(-c2ccccc2OCC2CCOC2)ccc1C1CC1. The molecule has 2 fully saturated rings. The molecule has 130 valence electrons. The smallest absolute Gasteiger partial charge is 0.335 e. The summed E-state index contributed by atoms with van der Waals surface area (Å²) in [5.74, 6) is 0.782. The molecule has 2 aromatic carbocycles. The highest BCUT2D eigenvalue weighted by Crippen LogP contribution is 2.43. The summed E-state index contributed by atoms with van der Waals surface area (Å²) in [6.07, 6.45) is 3.20. The van der Waals surface area contributed by atoms with E-state index in [0.717, 1.165) is 54.9 Å². The van der Waals surface area contributed by atoms with E-state index in [2.05, 4.69) is 0 Å². The molecular weight excluding hydrogens is 316 g/mol. The van der Waals surface area contributed by atoms with Crippen LogP contribution < -0.4 is 4.74 Å². The lowest BCUT2D eigenvalue weighted by molar-refractivity contribution is 0.0695. The van der Waals surface area contributed by atoms with Crippen molar-refractivity contribution in [2.75, 3.05) is 19.8 Å². The molecule has 1 unspecified atom stereocenters. The maximum atomic E-state index is 11.7. The molecule has 1 atom stereocenters. The summed E-state index contributed by atoms with van der Waals surface area (Å²) >= 11 is 0. The number of hydrogen-bond donors (Lipinski definition) is 1. The highest BCUT2D eigenvalue weighted by atomic mass is 16.5. The highest BCUT2D eigenvalue weighted by Gasteiger charge is 2.28. The zero-order chi connectivity index (χ0) is 17.2. The maximum absolute atomic E-state index is 11.7. The lowest BCUT2D eigenvalue weighted by Crippen LogP contribution is -2.12. The van der Waals surface area contributed by atoms with Gasteiger partial charge in [0, 0.05) is 18.1 Å². The standard InChI is InChI=1S/C21H22O4/c22-21(23)19-11-16(7-8-17(19)15-5-6-15)18-3-1-2-4-20(18)25-13-14-9-10-24-12-14/h1-4,7-8,11,14-15H,5-6,9-10,12-13H2,(H,22,23). The molecule has 1 aliphatic carbocycles. The minimum Gasteiger partial charge on any atom is -0.493 e. The Bertz CT molecular complexity index is 773. The number of hydrogen-bond acceptors (Lipinski definition) is 3. The van der Waals surface area contributed by atoms with Gasteiger partial charge in [0.15, 0.2) is 0 Å². The second-order valence-electron chi connectivity index (χ2n) is 6.92. The van der Waals surface area contributed by atoms with Crippen LogP contribution in [0.25, 0.3) is 11.1 Å². The van der Waals surface area contributed by atoms with Gasteiger partial charge in [-0.3, -0.25) is 0 Å². The van der Waals surface area contributed by atoms with Gasteiger partial charge in [0.25, 0.3) is 0 Å². The molecule has 0 spiro atoms. The quantitative estimate of drug-likeness (QED) is 0.851. The minimum absolute atomic E-state index is 0.411. The van der Waals surface area contributed by atoms with Crippen LogP contribution in [0.2, 0.25) is 0 Å². The fourth-order valence-electron chi connectivity index (χ4n) is 3.41. The predicted molar refractivity (Wildman–Crippen MR) is 95.2 cm³/mol. The van der Waals surface area contributed by atoms with Crippen molar-refractivity contribution in [1.82, 2.24) is 0 Å². The van der Waals surface area contributed by atoms with Crippen LogP contribution in [-0.4, -0.2) is 30.9 Å². The Morgan fingerprint density at radius 2 is 2.00 bits per heavy atom. The van der Waals surface area contributed by atoms with Crippen LogP contribution in [0.1, 0.15) is 41.1 Å². The normalized spacial score (nSPS) is 19.8. The van der Waals surface area contributed by atoms with Crippen molar-refractivity contribution >= 4 is 5.97 Å². The lowest BCUT2D eigenvalue weighted by Gasteiger charge is -2.15. The summed E-state index contributed by atoms with van der Waals surface area (Å²) in [6.45, 7) is 2.19. The summed E-state index contributed by atoms with van der Waals surface area (Å²) in [6, 6.07) is 13.6. The molecule has 4 rings (SSSR count). The topological polar surface area (TPSA) is 55.8 Å². The Hall–Kier alpha value is -2.33.